The quantitative estimate of drug-likeness (QED) is 0.468. The summed E-state index contributed by atoms with van der Waals surface area (Å²) >= 11 is 6.51. The lowest BCUT2D eigenvalue weighted by Crippen LogP contribution is -2.50. The first-order valence-electron chi connectivity index (χ1n) is 12.2. The maximum absolute atomic E-state index is 13.9. The third kappa shape index (κ3) is 4.95. The predicted octanol–water partition coefficient (Wildman–Crippen LogP) is 5.40. The van der Waals surface area contributed by atoms with Crippen LogP contribution in [0.25, 0.3) is 11.0 Å². The van der Waals surface area contributed by atoms with Crippen molar-refractivity contribution in [1.82, 2.24) is 19.4 Å². The highest BCUT2D eigenvalue weighted by molar-refractivity contribution is 6.31. The molecule has 6 heteroatoms. The molecule has 3 aromatic rings. The fraction of sp³-hybridized carbons (Fsp3) is 0.481. The topological polar surface area (TPSA) is 41.4 Å². The molecule has 0 aliphatic carbocycles. The highest BCUT2D eigenvalue weighted by Crippen LogP contribution is 2.30. The number of piperazine rings is 1. The highest BCUT2D eigenvalue weighted by Gasteiger charge is 2.31. The van der Waals surface area contributed by atoms with Crippen molar-refractivity contribution in [2.75, 3.05) is 32.7 Å². The van der Waals surface area contributed by atoms with Gasteiger partial charge >= 0.3 is 0 Å². The first kappa shape index (κ1) is 23.8. The molecule has 2 aromatic carbocycles. The summed E-state index contributed by atoms with van der Waals surface area (Å²) in [7, 11) is 0. The number of hydrogen-bond acceptors (Lipinski definition) is 3. The molecule has 0 radical (unpaired) electrons. The molecule has 0 N–H and O–H groups in total. The lowest BCUT2D eigenvalue weighted by atomic mass is 10.1. The summed E-state index contributed by atoms with van der Waals surface area (Å²) in [5.41, 5.74) is 5.45. The molecule has 0 saturated carbocycles. The zero-order valence-corrected chi connectivity index (χ0v) is 21.0. The number of carbonyl (C=O) groups excluding carboxylic acids is 1. The SMILES string of the molecule is CCCC(C(=O)N1CCN(CC)CC1)n1c(Cc2ccccc2Cl)nc2cc(C)c(C)cc21. The Balaban J connectivity index is 1.78. The molecule has 1 aromatic heterocycles. The molecule has 1 aliphatic heterocycles. The van der Waals surface area contributed by atoms with Crippen molar-refractivity contribution in [2.45, 2.75) is 53.0 Å². The second kappa shape index (κ2) is 10.3. The summed E-state index contributed by atoms with van der Waals surface area (Å²) in [6.07, 6.45) is 2.33. The second-order valence-electron chi connectivity index (χ2n) is 9.16. The van der Waals surface area contributed by atoms with Gasteiger partial charge in [0.1, 0.15) is 11.9 Å². The molecule has 2 heterocycles. The molecule has 1 amide bonds. The smallest absolute Gasteiger partial charge is 0.245 e. The Morgan fingerprint density at radius 2 is 1.76 bits per heavy atom. The van der Waals surface area contributed by atoms with E-state index in [1.165, 1.54) is 11.1 Å². The lowest BCUT2D eigenvalue weighted by molar-refractivity contribution is -0.136. The molecule has 0 bridgehead atoms. The number of benzene rings is 2. The van der Waals surface area contributed by atoms with Crippen LogP contribution in [0.4, 0.5) is 0 Å². The van der Waals surface area contributed by atoms with E-state index in [1.54, 1.807) is 0 Å². The molecule has 4 rings (SSSR count). The van der Waals surface area contributed by atoms with Crippen molar-refractivity contribution in [3.8, 4) is 0 Å². The van der Waals surface area contributed by atoms with Crippen LogP contribution in [0.3, 0.4) is 0 Å². The summed E-state index contributed by atoms with van der Waals surface area (Å²) in [6, 6.07) is 12.0. The number of imidazole rings is 1. The Labute approximate surface area is 202 Å². The van der Waals surface area contributed by atoms with E-state index < -0.39 is 0 Å². The van der Waals surface area contributed by atoms with E-state index in [9.17, 15) is 4.79 Å². The first-order valence-corrected chi connectivity index (χ1v) is 12.5. The van der Waals surface area contributed by atoms with Gasteiger partial charge in [-0.1, -0.05) is 50.1 Å². The van der Waals surface area contributed by atoms with Gasteiger partial charge in [-0.2, -0.15) is 0 Å². The van der Waals surface area contributed by atoms with Crippen molar-refractivity contribution < 1.29 is 4.79 Å². The molecule has 1 unspecified atom stereocenters. The number of rotatable bonds is 7. The second-order valence-corrected chi connectivity index (χ2v) is 9.56. The fourth-order valence-electron chi connectivity index (χ4n) is 4.82. The Kier molecular flexibility index (Phi) is 7.40. The van der Waals surface area contributed by atoms with Crippen molar-refractivity contribution in [2.24, 2.45) is 0 Å². The standard InChI is InChI=1S/C27H35ClN4O/c1-5-9-24(27(33)31-14-12-30(6-2)13-15-31)32-25-17-20(4)19(3)16-23(25)29-26(32)18-21-10-7-8-11-22(21)28/h7-8,10-11,16-17,24H,5-6,9,12-15,18H2,1-4H3. The van der Waals surface area contributed by atoms with Crippen LogP contribution in [-0.2, 0) is 11.2 Å². The van der Waals surface area contributed by atoms with Gasteiger partial charge in [-0.25, -0.2) is 4.98 Å². The van der Waals surface area contributed by atoms with E-state index in [4.69, 9.17) is 16.6 Å². The van der Waals surface area contributed by atoms with E-state index >= 15 is 0 Å². The molecule has 5 nitrogen and oxygen atoms in total. The van der Waals surface area contributed by atoms with Crippen LogP contribution in [0.15, 0.2) is 36.4 Å². The molecular weight excluding hydrogens is 432 g/mol. The minimum absolute atomic E-state index is 0.213. The van der Waals surface area contributed by atoms with Crippen LogP contribution in [0.5, 0.6) is 0 Å². The number of likely N-dealkylation sites (N-methyl/N-ethyl adjacent to an activating group) is 1. The number of nitrogens with zero attached hydrogens (tertiary/aromatic N) is 4. The van der Waals surface area contributed by atoms with Gasteiger partial charge in [-0.3, -0.25) is 4.79 Å². The zero-order chi connectivity index (χ0) is 23.5. The van der Waals surface area contributed by atoms with Crippen LogP contribution in [0.2, 0.25) is 5.02 Å². The monoisotopic (exact) mass is 466 g/mol. The minimum Gasteiger partial charge on any atom is -0.338 e. The molecular formula is C27H35ClN4O. The van der Waals surface area contributed by atoms with Gasteiger partial charge in [0.15, 0.2) is 0 Å². The van der Waals surface area contributed by atoms with Crippen LogP contribution >= 0.6 is 11.6 Å². The average Bonchev–Trinajstić information content (AvgIpc) is 3.15. The van der Waals surface area contributed by atoms with Gasteiger partial charge in [0.2, 0.25) is 5.91 Å². The summed E-state index contributed by atoms with van der Waals surface area (Å²) in [4.78, 5) is 23.4. The van der Waals surface area contributed by atoms with Crippen molar-refractivity contribution in [3.05, 3.63) is 63.9 Å². The van der Waals surface area contributed by atoms with Crippen molar-refractivity contribution in [3.63, 3.8) is 0 Å². The van der Waals surface area contributed by atoms with E-state index in [1.807, 2.05) is 24.3 Å². The van der Waals surface area contributed by atoms with E-state index in [-0.39, 0.29) is 11.9 Å². The number of aromatic nitrogens is 2. The third-order valence-electron chi connectivity index (χ3n) is 6.97. The number of halogens is 1. The largest absolute Gasteiger partial charge is 0.338 e. The fourth-order valence-corrected chi connectivity index (χ4v) is 5.02. The minimum atomic E-state index is -0.257. The average molecular weight is 467 g/mol. The summed E-state index contributed by atoms with van der Waals surface area (Å²) in [5.74, 6) is 1.12. The zero-order valence-electron chi connectivity index (χ0n) is 20.3. The summed E-state index contributed by atoms with van der Waals surface area (Å²) < 4.78 is 2.21. The van der Waals surface area contributed by atoms with E-state index in [2.05, 4.69) is 54.2 Å². The lowest BCUT2D eigenvalue weighted by Gasteiger charge is -2.36. The van der Waals surface area contributed by atoms with E-state index in [0.717, 1.165) is 73.0 Å². The van der Waals surface area contributed by atoms with Crippen LogP contribution in [-0.4, -0.2) is 58.0 Å². The number of fused-ring (bicyclic) bond motifs is 1. The molecule has 1 fully saturated rings. The van der Waals surface area contributed by atoms with Crippen LogP contribution < -0.4 is 0 Å². The predicted molar refractivity (Wildman–Crippen MR) is 136 cm³/mol. The van der Waals surface area contributed by atoms with Gasteiger partial charge in [0.05, 0.1) is 11.0 Å². The molecule has 1 aliphatic rings. The van der Waals surface area contributed by atoms with Crippen molar-refractivity contribution in [1.29, 1.82) is 0 Å². The summed E-state index contributed by atoms with van der Waals surface area (Å²) in [5, 5.41) is 0.734. The maximum atomic E-state index is 13.9. The van der Waals surface area contributed by atoms with Crippen LogP contribution in [0, 0.1) is 13.8 Å². The maximum Gasteiger partial charge on any atom is 0.245 e. The van der Waals surface area contributed by atoms with Gasteiger partial charge in [-0.05, 0) is 61.7 Å². The Bertz CT molecular complexity index is 1130. The number of carbonyl (C=O) groups is 1. The Hall–Kier alpha value is -2.37. The molecule has 1 saturated heterocycles. The van der Waals surface area contributed by atoms with Gasteiger partial charge < -0.3 is 14.4 Å². The van der Waals surface area contributed by atoms with Gasteiger partial charge in [0.25, 0.3) is 0 Å². The Morgan fingerprint density at radius 3 is 2.42 bits per heavy atom. The number of aryl methyl sites for hydroxylation is 2. The van der Waals surface area contributed by atoms with Crippen LogP contribution in [0.1, 0.15) is 55.2 Å². The van der Waals surface area contributed by atoms with Crippen molar-refractivity contribution >= 4 is 28.5 Å². The summed E-state index contributed by atoms with van der Waals surface area (Å²) in [6.45, 7) is 13.1. The molecule has 0 spiro atoms. The molecule has 176 valence electrons. The third-order valence-corrected chi connectivity index (χ3v) is 7.34. The Morgan fingerprint density at radius 1 is 1.06 bits per heavy atom. The van der Waals surface area contributed by atoms with Gasteiger partial charge in [0, 0.05) is 37.6 Å². The van der Waals surface area contributed by atoms with Gasteiger partial charge in [-0.15, -0.1) is 0 Å². The molecule has 33 heavy (non-hydrogen) atoms. The number of amides is 1. The number of hydrogen-bond donors (Lipinski definition) is 0. The molecule has 1 atom stereocenters. The normalized spacial score (nSPS) is 15.8. The van der Waals surface area contributed by atoms with E-state index in [0.29, 0.717) is 6.42 Å². The highest BCUT2D eigenvalue weighted by atomic mass is 35.5. The first-order chi connectivity index (χ1) is 15.9.